The lowest BCUT2D eigenvalue weighted by Gasteiger charge is -2.22. The Morgan fingerprint density at radius 2 is 2.06 bits per heavy atom. The molecule has 0 amide bonds. The highest BCUT2D eigenvalue weighted by Gasteiger charge is 2.42. The molecule has 94 valence electrons. The van der Waals surface area contributed by atoms with E-state index in [1.54, 1.807) is 6.07 Å². The van der Waals surface area contributed by atoms with E-state index in [-0.39, 0.29) is 17.8 Å². The molecular weight excluding hydrogens is 217 g/mol. The van der Waals surface area contributed by atoms with Gasteiger partial charge in [0.05, 0.1) is 0 Å². The van der Waals surface area contributed by atoms with Gasteiger partial charge in [-0.05, 0) is 37.9 Å². The largest absolute Gasteiger partial charge is 0.396 e. The fourth-order valence-corrected chi connectivity index (χ4v) is 2.21. The smallest absolute Gasteiger partial charge is 0.126 e. The minimum atomic E-state index is -0.121. The van der Waals surface area contributed by atoms with Crippen molar-refractivity contribution in [3.8, 4) is 0 Å². The van der Waals surface area contributed by atoms with Gasteiger partial charge in [0.1, 0.15) is 5.82 Å². The Labute approximate surface area is 102 Å². The molecule has 1 saturated carbocycles. The van der Waals surface area contributed by atoms with Crippen LogP contribution in [-0.2, 0) is 6.42 Å². The summed E-state index contributed by atoms with van der Waals surface area (Å²) in [6.45, 7) is 2.03. The Hall–Kier alpha value is -0.930. The van der Waals surface area contributed by atoms with Crippen LogP contribution in [0.15, 0.2) is 24.3 Å². The fraction of sp³-hybridized carbons (Fsp3) is 0.571. The van der Waals surface area contributed by atoms with Crippen LogP contribution in [0.25, 0.3) is 0 Å². The van der Waals surface area contributed by atoms with Gasteiger partial charge >= 0.3 is 0 Å². The van der Waals surface area contributed by atoms with Crippen LogP contribution in [0.4, 0.5) is 4.39 Å². The third kappa shape index (κ3) is 3.27. The fourth-order valence-electron chi connectivity index (χ4n) is 2.21. The number of likely N-dealkylation sites (N-methyl/N-ethyl adjacent to an activating group) is 1. The molecule has 0 spiro atoms. The van der Waals surface area contributed by atoms with E-state index in [1.165, 1.54) is 6.07 Å². The number of aliphatic hydroxyl groups is 1. The number of rotatable bonds is 6. The molecule has 1 fully saturated rings. The van der Waals surface area contributed by atoms with Crippen LogP contribution < -0.4 is 0 Å². The van der Waals surface area contributed by atoms with Crippen LogP contribution in [0.5, 0.6) is 0 Å². The SMILES string of the molecule is CN(CCc1ccccc1F)CC1(CO)CC1. The second-order valence-corrected chi connectivity index (χ2v) is 5.24. The molecule has 0 atom stereocenters. The number of aliphatic hydroxyl groups excluding tert-OH is 1. The quantitative estimate of drug-likeness (QED) is 0.818. The number of halogens is 1. The molecule has 0 heterocycles. The molecule has 1 aromatic carbocycles. The zero-order chi connectivity index (χ0) is 12.3. The average Bonchev–Trinajstić information content (AvgIpc) is 3.08. The number of hydrogen-bond donors (Lipinski definition) is 1. The molecule has 1 aliphatic carbocycles. The first-order valence-corrected chi connectivity index (χ1v) is 6.18. The van der Waals surface area contributed by atoms with Crippen molar-refractivity contribution in [2.75, 3.05) is 26.7 Å². The van der Waals surface area contributed by atoms with E-state index >= 15 is 0 Å². The summed E-state index contributed by atoms with van der Waals surface area (Å²) in [6.07, 6.45) is 2.96. The number of hydrogen-bond acceptors (Lipinski definition) is 2. The van der Waals surface area contributed by atoms with Gasteiger partial charge in [-0.25, -0.2) is 4.39 Å². The molecule has 3 heteroatoms. The summed E-state index contributed by atoms with van der Waals surface area (Å²) in [5.41, 5.74) is 0.914. The highest BCUT2D eigenvalue weighted by molar-refractivity contribution is 5.17. The Kier molecular flexibility index (Phi) is 3.79. The molecule has 1 aromatic rings. The number of benzene rings is 1. The van der Waals surface area contributed by atoms with Crippen LogP contribution in [0.2, 0.25) is 0 Å². The predicted molar refractivity (Wildman–Crippen MR) is 66.4 cm³/mol. The highest BCUT2D eigenvalue weighted by atomic mass is 19.1. The van der Waals surface area contributed by atoms with Crippen molar-refractivity contribution >= 4 is 0 Å². The topological polar surface area (TPSA) is 23.5 Å². The summed E-state index contributed by atoms with van der Waals surface area (Å²) in [7, 11) is 2.04. The second-order valence-electron chi connectivity index (χ2n) is 5.24. The molecule has 0 unspecified atom stereocenters. The summed E-state index contributed by atoms with van der Waals surface area (Å²) in [6, 6.07) is 6.93. The normalized spacial score (nSPS) is 17.4. The summed E-state index contributed by atoms with van der Waals surface area (Å²) in [5.74, 6) is -0.121. The van der Waals surface area contributed by atoms with E-state index in [4.69, 9.17) is 0 Å². The molecule has 1 aliphatic rings. The van der Waals surface area contributed by atoms with Gasteiger partial charge < -0.3 is 10.0 Å². The molecule has 2 rings (SSSR count). The summed E-state index contributed by atoms with van der Waals surface area (Å²) in [5, 5.41) is 9.25. The number of nitrogens with zero attached hydrogens (tertiary/aromatic N) is 1. The molecule has 0 aromatic heterocycles. The van der Waals surface area contributed by atoms with Crippen LogP contribution in [0.3, 0.4) is 0 Å². The van der Waals surface area contributed by atoms with E-state index in [9.17, 15) is 9.50 Å². The summed E-state index contributed by atoms with van der Waals surface area (Å²) >= 11 is 0. The van der Waals surface area contributed by atoms with Crippen molar-refractivity contribution in [3.63, 3.8) is 0 Å². The molecule has 0 radical (unpaired) electrons. The van der Waals surface area contributed by atoms with Gasteiger partial charge in [-0.1, -0.05) is 18.2 Å². The van der Waals surface area contributed by atoms with Crippen LogP contribution in [-0.4, -0.2) is 36.8 Å². The van der Waals surface area contributed by atoms with Gasteiger partial charge in [-0.2, -0.15) is 0 Å². The molecular formula is C14H20FNO. The average molecular weight is 237 g/mol. The van der Waals surface area contributed by atoms with Crippen LogP contribution >= 0.6 is 0 Å². The lowest BCUT2D eigenvalue weighted by atomic mass is 10.1. The van der Waals surface area contributed by atoms with E-state index in [2.05, 4.69) is 4.90 Å². The third-order valence-electron chi connectivity index (χ3n) is 3.62. The third-order valence-corrected chi connectivity index (χ3v) is 3.62. The monoisotopic (exact) mass is 237 g/mol. The molecule has 17 heavy (non-hydrogen) atoms. The molecule has 1 N–H and O–H groups in total. The zero-order valence-corrected chi connectivity index (χ0v) is 10.3. The first-order chi connectivity index (χ1) is 8.15. The Morgan fingerprint density at radius 1 is 1.35 bits per heavy atom. The van der Waals surface area contributed by atoms with Gasteiger partial charge in [-0.15, -0.1) is 0 Å². The summed E-state index contributed by atoms with van der Waals surface area (Å²) in [4.78, 5) is 2.19. The maximum Gasteiger partial charge on any atom is 0.126 e. The maximum absolute atomic E-state index is 13.4. The van der Waals surface area contributed by atoms with E-state index in [1.807, 2.05) is 19.2 Å². The Morgan fingerprint density at radius 3 is 2.65 bits per heavy atom. The van der Waals surface area contributed by atoms with Crippen molar-refractivity contribution in [1.29, 1.82) is 0 Å². The summed E-state index contributed by atoms with van der Waals surface area (Å²) < 4.78 is 13.4. The highest BCUT2D eigenvalue weighted by Crippen LogP contribution is 2.45. The van der Waals surface area contributed by atoms with Crippen LogP contribution in [0, 0.1) is 11.2 Å². The van der Waals surface area contributed by atoms with Gasteiger partial charge in [0.15, 0.2) is 0 Å². The Bertz CT molecular complexity index is 376. The molecule has 0 aliphatic heterocycles. The van der Waals surface area contributed by atoms with Gasteiger partial charge in [0.25, 0.3) is 0 Å². The van der Waals surface area contributed by atoms with Crippen molar-refractivity contribution < 1.29 is 9.50 Å². The van der Waals surface area contributed by atoms with Gasteiger partial charge in [-0.3, -0.25) is 0 Å². The van der Waals surface area contributed by atoms with Crippen molar-refractivity contribution in [1.82, 2.24) is 4.90 Å². The molecule has 0 saturated heterocycles. The van der Waals surface area contributed by atoms with Gasteiger partial charge in [0.2, 0.25) is 0 Å². The first-order valence-electron chi connectivity index (χ1n) is 6.18. The van der Waals surface area contributed by atoms with E-state index in [0.717, 1.165) is 37.9 Å². The molecule has 0 bridgehead atoms. The minimum absolute atomic E-state index is 0.121. The second kappa shape index (κ2) is 5.15. The van der Waals surface area contributed by atoms with E-state index in [0.29, 0.717) is 0 Å². The maximum atomic E-state index is 13.4. The zero-order valence-electron chi connectivity index (χ0n) is 10.3. The lowest BCUT2D eigenvalue weighted by Crippen LogP contribution is -2.30. The van der Waals surface area contributed by atoms with Crippen molar-refractivity contribution in [2.24, 2.45) is 5.41 Å². The lowest BCUT2D eigenvalue weighted by molar-refractivity contribution is 0.164. The van der Waals surface area contributed by atoms with Gasteiger partial charge in [0, 0.05) is 25.1 Å². The molecule has 2 nitrogen and oxygen atoms in total. The Balaban J connectivity index is 1.80. The minimum Gasteiger partial charge on any atom is -0.396 e. The van der Waals surface area contributed by atoms with E-state index < -0.39 is 0 Å². The van der Waals surface area contributed by atoms with Crippen LogP contribution in [0.1, 0.15) is 18.4 Å². The van der Waals surface area contributed by atoms with Crippen molar-refractivity contribution in [2.45, 2.75) is 19.3 Å². The standard InChI is InChI=1S/C14H20FNO/c1-16(10-14(11-17)7-8-14)9-6-12-4-2-3-5-13(12)15/h2-5,17H,6-11H2,1H3. The predicted octanol–water partition coefficient (Wildman–Crippen LogP) is 2.07. The van der Waals surface area contributed by atoms with Crippen molar-refractivity contribution in [3.05, 3.63) is 35.6 Å². The first kappa shape index (κ1) is 12.5.